The lowest BCUT2D eigenvalue weighted by molar-refractivity contribution is 0.0697. The Balaban J connectivity index is 2.91. The van der Waals surface area contributed by atoms with E-state index in [4.69, 9.17) is 5.11 Å². The summed E-state index contributed by atoms with van der Waals surface area (Å²) < 4.78 is 0.585. The van der Waals surface area contributed by atoms with Gasteiger partial charge in [0.1, 0.15) is 0 Å². The standard InChI is InChI=1S/C12H14BrNO2/c1-8(2)6-7-14-10-5-3-4-9(13)11(10)12(15)16/h3-6,14H,7H2,1-2H3,(H,15,16). The summed E-state index contributed by atoms with van der Waals surface area (Å²) >= 11 is 3.23. The summed E-state index contributed by atoms with van der Waals surface area (Å²) in [5, 5.41) is 12.1. The second kappa shape index (κ2) is 5.70. The highest BCUT2D eigenvalue weighted by Gasteiger charge is 2.12. The monoisotopic (exact) mass is 283 g/mol. The van der Waals surface area contributed by atoms with Crippen molar-refractivity contribution >= 4 is 27.6 Å². The van der Waals surface area contributed by atoms with E-state index in [1.807, 2.05) is 19.9 Å². The average molecular weight is 284 g/mol. The van der Waals surface area contributed by atoms with E-state index in [1.165, 1.54) is 5.57 Å². The van der Waals surface area contributed by atoms with Crippen LogP contribution in [0, 0.1) is 0 Å². The van der Waals surface area contributed by atoms with Gasteiger partial charge in [0, 0.05) is 11.0 Å². The Morgan fingerprint density at radius 1 is 1.50 bits per heavy atom. The van der Waals surface area contributed by atoms with E-state index in [9.17, 15) is 4.79 Å². The van der Waals surface area contributed by atoms with E-state index < -0.39 is 5.97 Å². The minimum atomic E-state index is -0.938. The number of allylic oxidation sites excluding steroid dienone is 1. The molecule has 4 heteroatoms. The molecule has 16 heavy (non-hydrogen) atoms. The molecule has 1 aromatic rings. The molecule has 0 saturated heterocycles. The van der Waals surface area contributed by atoms with E-state index in [-0.39, 0.29) is 5.56 Å². The first-order valence-electron chi connectivity index (χ1n) is 4.91. The summed E-state index contributed by atoms with van der Waals surface area (Å²) in [5.74, 6) is -0.938. The van der Waals surface area contributed by atoms with Crippen molar-refractivity contribution < 1.29 is 9.90 Å². The fourth-order valence-corrected chi connectivity index (χ4v) is 1.79. The molecule has 0 aromatic heterocycles. The van der Waals surface area contributed by atoms with Crippen molar-refractivity contribution in [1.82, 2.24) is 0 Å². The maximum Gasteiger partial charge on any atom is 0.338 e. The van der Waals surface area contributed by atoms with Gasteiger partial charge in [0.05, 0.1) is 11.3 Å². The van der Waals surface area contributed by atoms with E-state index in [2.05, 4.69) is 21.2 Å². The molecule has 0 aliphatic heterocycles. The van der Waals surface area contributed by atoms with Crippen molar-refractivity contribution in [2.24, 2.45) is 0 Å². The maximum atomic E-state index is 11.1. The second-order valence-corrected chi connectivity index (χ2v) is 4.48. The van der Waals surface area contributed by atoms with Crippen molar-refractivity contribution in [1.29, 1.82) is 0 Å². The van der Waals surface area contributed by atoms with Crippen molar-refractivity contribution in [3.05, 3.63) is 39.9 Å². The average Bonchev–Trinajstić information content (AvgIpc) is 2.16. The van der Waals surface area contributed by atoms with E-state index >= 15 is 0 Å². The molecule has 0 aliphatic carbocycles. The molecule has 86 valence electrons. The number of benzene rings is 1. The van der Waals surface area contributed by atoms with E-state index in [0.717, 1.165) is 0 Å². The number of hydrogen-bond donors (Lipinski definition) is 2. The molecule has 3 nitrogen and oxygen atoms in total. The predicted octanol–water partition coefficient (Wildman–Crippen LogP) is 3.53. The number of rotatable bonds is 4. The van der Waals surface area contributed by atoms with Crippen molar-refractivity contribution in [2.45, 2.75) is 13.8 Å². The van der Waals surface area contributed by atoms with Crippen LogP contribution in [0.25, 0.3) is 0 Å². The number of carbonyl (C=O) groups is 1. The predicted molar refractivity (Wildman–Crippen MR) is 69.0 cm³/mol. The highest BCUT2D eigenvalue weighted by atomic mass is 79.9. The lowest BCUT2D eigenvalue weighted by Crippen LogP contribution is -2.07. The van der Waals surface area contributed by atoms with Crippen LogP contribution in [0.4, 0.5) is 5.69 Å². The van der Waals surface area contributed by atoms with Crippen LogP contribution in [-0.2, 0) is 0 Å². The number of anilines is 1. The molecule has 0 heterocycles. The molecule has 0 aliphatic rings. The van der Waals surface area contributed by atoms with Gasteiger partial charge >= 0.3 is 5.97 Å². The third-order valence-corrected chi connectivity index (χ3v) is 2.69. The molecule has 0 fully saturated rings. The first-order chi connectivity index (χ1) is 7.52. The molecule has 0 saturated carbocycles. The third kappa shape index (κ3) is 3.38. The van der Waals surface area contributed by atoms with Gasteiger partial charge in [0.15, 0.2) is 0 Å². The molecule has 1 aromatic carbocycles. The fourth-order valence-electron chi connectivity index (χ4n) is 1.25. The van der Waals surface area contributed by atoms with Crippen LogP contribution in [-0.4, -0.2) is 17.6 Å². The van der Waals surface area contributed by atoms with Gasteiger partial charge < -0.3 is 10.4 Å². The minimum absolute atomic E-state index is 0.268. The number of nitrogens with one attached hydrogen (secondary N) is 1. The Kier molecular flexibility index (Phi) is 4.55. The molecular formula is C12H14BrNO2. The van der Waals surface area contributed by atoms with Crippen LogP contribution in [0.5, 0.6) is 0 Å². The van der Waals surface area contributed by atoms with Gasteiger partial charge in [-0.3, -0.25) is 0 Å². The summed E-state index contributed by atoms with van der Waals surface area (Å²) in [6.45, 7) is 4.63. The molecule has 1 rings (SSSR count). The lowest BCUT2D eigenvalue weighted by atomic mass is 10.2. The topological polar surface area (TPSA) is 49.3 Å². The number of carboxylic acids is 1. The van der Waals surface area contributed by atoms with Gasteiger partial charge in [-0.15, -0.1) is 0 Å². The first-order valence-corrected chi connectivity index (χ1v) is 5.70. The molecule has 0 amide bonds. The van der Waals surface area contributed by atoms with Crippen LogP contribution in [0.1, 0.15) is 24.2 Å². The quantitative estimate of drug-likeness (QED) is 0.832. The van der Waals surface area contributed by atoms with Gasteiger partial charge in [0.25, 0.3) is 0 Å². The normalized spacial score (nSPS) is 9.69. The van der Waals surface area contributed by atoms with Gasteiger partial charge in [-0.1, -0.05) is 17.7 Å². The summed E-state index contributed by atoms with van der Waals surface area (Å²) in [6.07, 6.45) is 2.01. The second-order valence-electron chi connectivity index (χ2n) is 3.63. The van der Waals surface area contributed by atoms with Crippen LogP contribution in [0.15, 0.2) is 34.3 Å². The highest BCUT2D eigenvalue weighted by molar-refractivity contribution is 9.10. The summed E-state index contributed by atoms with van der Waals surface area (Å²) in [6, 6.07) is 5.28. The van der Waals surface area contributed by atoms with Crippen LogP contribution in [0.2, 0.25) is 0 Å². The van der Waals surface area contributed by atoms with Crippen molar-refractivity contribution in [3.8, 4) is 0 Å². The van der Waals surface area contributed by atoms with Crippen molar-refractivity contribution in [2.75, 3.05) is 11.9 Å². The molecule has 0 radical (unpaired) electrons. The zero-order chi connectivity index (χ0) is 12.1. The molecule has 2 N–H and O–H groups in total. The molecule has 0 atom stereocenters. The van der Waals surface area contributed by atoms with E-state index in [0.29, 0.717) is 16.7 Å². The van der Waals surface area contributed by atoms with Crippen LogP contribution in [0.3, 0.4) is 0 Å². The maximum absolute atomic E-state index is 11.1. The largest absolute Gasteiger partial charge is 0.478 e. The zero-order valence-corrected chi connectivity index (χ0v) is 10.8. The number of halogens is 1. The fraction of sp³-hybridized carbons (Fsp3) is 0.250. The SMILES string of the molecule is CC(C)=CCNc1cccc(Br)c1C(=O)O. The van der Waals surface area contributed by atoms with Gasteiger partial charge in [0.2, 0.25) is 0 Å². The van der Waals surface area contributed by atoms with Gasteiger partial charge in [-0.05, 0) is 41.9 Å². The van der Waals surface area contributed by atoms with Crippen LogP contribution >= 0.6 is 15.9 Å². The summed E-state index contributed by atoms with van der Waals surface area (Å²) in [5.41, 5.74) is 2.09. The Bertz CT molecular complexity index is 423. The third-order valence-electron chi connectivity index (χ3n) is 2.03. The minimum Gasteiger partial charge on any atom is -0.478 e. The summed E-state index contributed by atoms with van der Waals surface area (Å²) in [4.78, 5) is 11.1. The Labute approximate surface area is 103 Å². The van der Waals surface area contributed by atoms with Crippen molar-refractivity contribution in [3.63, 3.8) is 0 Å². The smallest absolute Gasteiger partial charge is 0.338 e. The molecular weight excluding hydrogens is 270 g/mol. The highest BCUT2D eigenvalue weighted by Crippen LogP contribution is 2.24. The first kappa shape index (κ1) is 12.8. The van der Waals surface area contributed by atoms with Gasteiger partial charge in [-0.25, -0.2) is 4.79 Å². The molecule has 0 bridgehead atoms. The van der Waals surface area contributed by atoms with E-state index in [1.54, 1.807) is 18.2 Å². The summed E-state index contributed by atoms with van der Waals surface area (Å²) in [7, 11) is 0. The molecule has 0 unspecified atom stereocenters. The Morgan fingerprint density at radius 3 is 2.75 bits per heavy atom. The number of aromatic carboxylic acids is 1. The number of hydrogen-bond acceptors (Lipinski definition) is 2. The van der Waals surface area contributed by atoms with Crippen LogP contribution < -0.4 is 5.32 Å². The lowest BCUT2D eigenvalue weighted by Gasteiger charge is -2.09. The zero-order valence-electron chi connectivity index (χ0n) is 9.25. The van der Waals surface area contributed by atoms with Gasteiger partial charge in [-0.2, -0.15) is 0 Å². The molecule has 0 spiro atoms. The Hall–Kier alpha value is -1.29. The Morgan fingerprint density at radius 2 is 2.19 bits per heavy atom. The number of carboxylic acid groups (broad SMARTS) is 1.